The molecule has 2 aromatic rings. The van der Waals surface area contributed by atoms with Crippen molar-refractivity contribution in [2.24, 2.45) is 0 Å². The summed E-state index contributed by atoms with van der Waals surface area (Å²) in [4.78, 5) is 16.4. The first-order chi connectivity index (χ1) is 10.3. The highest BCUT2D eigenvalue weighted by Crippen LogP contribution is 2.19. The molecule has 21 heavy (non-hydrogen) atoms. The summed E-state index contributed by atoms with van der Waals surface area (Å²) in [6.07, 6.45) is 2.33. The van der Waals surface area contributed by atoms with Crippen LogP contribution in [0, 0.1) is 0 Å². The maximum absolute atomic E-state index is 11.8. The van der Waals surface area contributed by atoms with Crippen LogP contribution in [0.25, 0.3) is 10.9 Å². The van der Waals surface area contributed by atoms with Crippen LogP contribution in [0.3, 0.4) is 0 Å². The molecule has 1 saturated heterocycles. The minimum Gasteiger partial charge on any atom is -0.376 e. The van der Waals surface area contributed by atoms with Crippen LogP contribution in [0.1, 0.15) is 12.8 Å². The number of carbonyl (C=O) groups is 1. The second kappa shape index (κ2) is 6.91. The molecule has 1 amide bonds. The fourth-order valence-corrected chi connectivity index (χ4v) is 3.06. The quantitative estimate of drug-likeness (QED) is 0.863. The lowest BCUT2D eigenvalue weighted by Gasteiger charge is -2.10. The second-order valence-corrected chi connectivity index (χ2v) is 6.07. The van der Waals surface area contributed by atoms with E-state index in [-0.39, 0.29) is 12.0 Å². The van der Waals surface area contributed by atoms with Crippen molar-refractivity contribution in [3.63, 3.8) is 0 Å². The average molecular weight is 302 g/mol. The molecule has 1 aromatic heterocycles. The minimum atomic E-state index is 0.0328. The zero-order valence-corrected chi connectivity index (χ0v) is 12.6. The number of benzene rings is 1. The number of hydrogen-bond donors (Lipinski definition) is 1. The number of carbonyl (C=O) groups excluding carboxylic acids is 1. The van der Waals surface area contributed by atoms with Crippen LogP contribution in [-0.4, -0.2) is 35.9 Å². The van der Waals surface area contributed by atoms with E-state index in [9.17, 15) is 4.79 Å². The Hall–Kier alpha value is -1.59. The minimum absolute atomic E-state index is 0.0328. The van der Waals surface area contributed by atoms with Gasteiger partial charge in [0.2, 0.25) is 5.91 Å². The van der Waals surface area contributed by atoms with E-state index in [4.69, 9.17) is 4.74 Å². The molecule has 3 rings (SSSR count). The van der Waals surface area contributed by atoms with E-state index < -0.39 is 0 Å². The van der Waals surface area contributed by atoms with E-state index >= 15 is 0 Å². The zero-order chi connectivity index (χ0) is 14.5. The number of rotatable bonds is 5. The molecule has 0 aliphatic carbocycles. The molecule has 0 bridgehead atoms. The van der Waals surface area contributed by atoms with Crippen molar-refractivity contribution in [1.82, 2.24) is 10.3 Å². The number of ether oxygens (including phenoxy) is 1. The van der Waals surface area contributed by atoms with Crippen LogP contribution in [-0.2, 0) is 9.53 Å². The topological polar surface area (TPSA) is 51.2 Å². The Bertz CT molecular complexity index is 626. The Morgan fingerprint density at radius 2 is 2.24 bits per heavy atom. The SMILES string of the molecule is O=C(CSc1ccc2ccccc2n1)NC[C@H]1CCCO1. The monoisotopic (exact) mass is 302 g/mol. The predicted molar refractivity (Wildman–Crippen MR) is 84.5 cm³/mol. The number of para-hydroxylation sites is 1. The Labute approximate surface area is 128 Å². The van der Waals surface area contributed by atoms with Crippen LogP contribution in [0.15, 0.2) is 41.4 Å². The molecule has 1 N–H and O–H groups in total. The number of nitrogens with one attached hydrogen (secondary N) is 1. The van der Waals surface area contributed by atoms with Crippen molar-refractivity contribution in [1.29, 1.82) is 0 Å². The normalized spacial score (nSPS) is 18.0. The Morgan fingerprint density at radius 3 is 3.10 bits per heavy atom. The molecule has 4 nitrogen and oxygen atoms in total. The van der Waals surface area contributed by atoms with Gasteiger partial charge >= 0.3 is 0 Å². The van der Waals surface area contributed by atoms with Crippen LogP contribution in [0.2, 0.25) is 0 Å². The van der Waals surface area contributed by atoms with E-state index in [1.165, 1.54) is 11.8 Å². The van der Waals surface area contributed by atoms with Gasteiger partial charge in [0.25, 0.3) is 0 Å². The molecule has 0 saturated carbocycles. The summed E-state index contributed by atoms with van der Waals surface area (Å²) in [7, 11) is 0. The van der Waals surface area contributed by atoms with Crippen molar-refractivity contribution in [2.75, 3.05) is 18.9 Å². The van der Waals surface area contributed by atoms with Crippen molar-refractivity contribution in [3.05, 3.63) is 36.4 Å². The molecule has 1 aliphatic heterocycles. The number of pyridine rings is 1. The van der Waals surface area contributed by atoms with Crippen molar-refractivity contribution in [2.45, 2.75) is 24.0 Å². The molecule has 0 spiro atoms. The summed E-state index contributed by atoms with van der Waals surface area (Å²) in [6, 6.07) is 12.0. The van der Waals surface area contributed by atoms with Gasteiger partial charge in [-0.3, -0.25) is 4.79 Å². The second-order valence-electron chi connectivity index (χ2n) is 5.07. The van der Waals surface area contributed by atoms with Gasteiger partial charge in [-0.2, -0.15) is 0 Å². The van der Waals surface area contributed by atoms with E-state index in [0.717, 1.165) is 35.4 Å². The van der Waals surface area contributed by atoms with Gasteiger partial charge in [0.05, 0.1) is 22.4 Å². The smallest absolute Gasteiger partial charge is 0.230 e. The van der Waals surface area contributed by atoms with Crippen LogP contribution < -0.4 is 5.32 Å². The molecule has 1 fully saturated rings. The third-order valence-electron chi connectivity index (χ3n) is 3.47. The number of thioether (sulfide) groups is 1. The van der Waals surface area contributed by atoms with Gasteiger partial charge in [-0.1, -0.05) is 36.0 Å². The summed E-state index contributed by atoms with van der Waals surface area (Å²) in [6.45, 7) is 1.43. The van der Waals surface area contributed by atoms with E-state index in [0.29, 0.717) is 12.3 Å². The largest absolute Gasteiger partial charge is 0.376 e. The highest BCUT2D eigenvalue weighted by molar-refractivity contribution is 7.99. The standard InChI is InChI=1S/C16H18N2O2S/c19-15(17-10-13-5-3-9-20-13)11-21-16-8-7-12-4-1-2-6-14(12)18-16/h1-2,4,6-8,13H,3,5,9-11H2,(H,17,19)/t13-/m1/s1. The Kier molecular flexibility index (Phi) is 4.72. The van der Waals surface area contributed by atoms with E-state index in [1.54, 1.807) is 0 Å². The van der Waals surface area contributed by atoms with Gasteiger partial charge in [-0.25, -0.2) is 4.98 Å². The third-order valence-corrected chi connectivity index (χ3v) is 4.40. The predicted octanol–water partition coefficient (Wildman–Crippen LogP) is 2.62. The fourth-order valence-electron chi connectivity index (χ4n) is 2.35. The first-order valence-electron chi connectivity index (χ1n) is 7.18. The summed E-state index contributed by atoms with van der Waals surface area (Å²) in [5.41, 5.74) is 0.960. The highest BCUT2D eigenvalue weighted by Gasteiger charge is 2.16. The molecule has 1 atom stereocenters. The van der Waals surface area contributed by atoms with Gasteiger partial charge in [-0.15, -0.1) is 0 Å². The summed E-state index contributed by atoms with van der Waals surface area (Å²) in [5, 5.41) is 4.91. The van der Waals surface area contributed by atoms with Gasteiger partial charge in [0, 0.05) is 18.5 Å². The zero-order valence-electron chi connectivity index (χ0n) is 11.7. The lowest BCUT2D eigenvalue weighted by atomic mass is 10.2. The Balaban J connectivity index is 1.49. The third kappa shape index (κ3) is 3.95. The molecular formula is C16H18N2O2S. The van der Waals surface area contributed by atoms with Gasteiger partial charge < -0.3 is 10.1 Å². The highest BCUT2D eigenvalue weighted by atomic mass is 32.2. The van der Waals surface area contributed by atoms with E-state index in [1.807, 2.05) is 36.4 Å². The molecule has 0 unspecified atom stereocenters. The molecule has 110 valence electrons. The lowest BCUT2D eigenvalue weighted by Crippen LogP contribution is -2.32. The number of aromatic nitrogens is 1. The fraction of sp³-hybridized carbons (Fsp3) is 0.375. The van der Waals surface area contributed by atoms with Crippen molar-refractivity contribution in [3.8, 4) is 0 Å². The molecule has 5 heteroatoms. The van der Waals surface area contributed by atoms with Crippen LogP contribution >= 0.6 is 11.8 Å². The Morgan fingerprint density at radius 1 is 1.33 bits per heavy atom. The summed E-state index contributed by atoms with van der Waals surface area (Å²) in [5.74, 6) is 0.420. The maximum atomic E-state index is 11.8. The molecule has 1 aliphatic rings. The molecule has 0 radical (unpaired) electrons. The molecule has 1 aromatic carbocycles. The van der Waals surface area contributed by atoms with Crippen molar-refractivity contribution >= 4 is 28.6 Å². The first kappa shape index (κ1) is 14.4. The number of hydrogen-bond acceptors (Lipinski definition) is 4. The number of nitrogens with zero attached hydrogens (tertiary/aromatic N) is 1. The molecular weight excluding hydrogens is 284 g/mol. The van der Waals surface area contributed by atoms with Gasteiger partial charge in [-0.05, 0) is 25.0 Å². The summed E-state index contributed by atoms with van der Waals surface area (Å²) < 4.78 is 5.48. The van der Waals surface area contributed by atoms with Crippen molar-refractivity contribution < 1.29 is 9.53 Å². The number of fused-ring (bicyclic) bond motifs is 1. The van der Waals surface area contributed by atoms with Crippen LogP contribution in [0.4, 0.5) is 0 Å². The van der Waals surface area contributed by atoms with Gasteiger partial charge in [0.1, 0.15) is 0 Å². The lowest BCUT2D eigenvalue weighted by molar-refractivity contribution is -0.119. The number of amides is 1. The first-order valence-corrected chi connectivity index (χ1v) is 8.17. The average Bonchev–Trinajstić information content (AvgIpc) is 3.04. The van der Waals surface area contributed by atoms with Crippen LogP contribution in [0.5, 0.6) is 0 Å². The van der Waals surface area contributed by atoms with E-state index in [2.05, 4.69) is 10.3 Å². The summed E-state index contributed by atoms with van der Waals surface area (Å²) >= 11 is 1.46. The van der Waals surface area contributed by atoms with Gasteiger partial charge in [0.15, 0.2) is 0 Å². The maximum Gasteiger partial charge on any atom is 0.230 e. The molecule has 2 heterocycles.